The quantitative estimate of drug-likeness (QED) is 0.623. The molecule has 26 heavy (non-hydrogen) atoms. The molecule has 0 unspecified atom stereocenters. The third-order valence-electron chi connectivity index (χ3n) is 5.05. The monoisotopic (exact) mass is 380 g/mol. The van der Waals surface area contributed by atoms with Crippen molar-refractivity contribution in [2.24, 2.45) is 11.0 Å². The molecule has 3 rings (SSSR count). The summed E-state index contributed by atoms with van der Waals surface area (Å²) in [5.41, 5.74) is 3.69. The molecular weight excluding hydrogens is 356 g/mol. The molecule has 8 nitrogen and oxygen atoms in total. The largest absolute Gasteiger partial charge is 0.295 e. The van der Waals surface area contributed by atoms with Crippen LogP contribution in [0.5, 0.6) is 0 Å². The predicted molar refractivity (Wildman–Crippen MR) is 99.8 cm³/mol. The SMILES string of the molecule is CC1CCC(=NNc2ccc(S(=O)(=O)N3CCCC3)cc2[N+](=O)[O-])CC1. The number of hydrogen-bond donors (Lipinski definition) is 1. The van der Waals surface area contributed by atoms with E-state index in [0.29, 0.717) is 19.0 Å². The number of nitrogens with zero attached hydrogens (tertiary/aromatic N) is 3. The van der Waals surface area contributed by atoms with Crippen molar-refractivity contribution in [1.29, 1.82) is 0 Å². The maximum absolute atomic E-state index is 12.6. The molecule has 2 aliphatic rings. The highest BCUT2D eigenvalue weighted by Gasteiger charge is 2.29. The molecule has 0 aromatic heterocycles. The molecule has 0 amide bonds. The van der Waals surface area contributed by atoms with E-state index >= 15 is 0 Å². The van der Waals surface area contributed by atoms with E-state index in [1.807, 2.05) is 0 Å². The number of benzene rings is 1. The van der Waals surface area contributed by atoms with Gasteiger partial charge >= 0.3 is 0 Å². The second kappa shape index (κ2) is 7.71. The van der Waals surface area contributed by atoms with E-state index in [0.717, 1.165) is 50.3 Å². The number of nitro groups is 1. The van der Waals surface area contributed by atoms with Crippen molar-refractivity contribution < 1.29 is 13.3 Å². The van der Waals surface area contributed by atoms with Crippen LogP contribution in [0.3, 0.4) is 0 Å². The van der Waals surface area contributed by atoms with Crippen LogP contribution in [-0.2, 0) is 10.0 Å². The van der Waals surface area contributed by atoms with E-state index in [2.05, 4.69) is 17.5 Å². The predicted octanol–water partition coefficient (Wildman–Crippen LogP) is 3.36. The first kappa shape index (κ1) is 18.8. The normalized spacial score (nSPS) is 21.6. The molecule has 1 aliphatic heterocycles. The Hall–Kier alpha value is -2.00. The lowest BCUT2D eigenvalue weighted by Crippen LogP contribution is -2.27. The summed E-state index contributed by atoms with van der Waals surface area (Å²) in [5, 5.41) is 15.7. The highest BCUT2D eigenvalue weighted by Crippen LogP contribution is 2.30. The van der Waals surface area contributed by atoms with E-state index in [1.165, 1.54) is 16.4 Å². The molecule has 1 heterocycles. The Morgan fingerprint density at radius 1 is 1.23 bits per heavy atom. The summed E-state index contributed by atoms with van der Waals surface area (Å²) in [5.74, 6) is 0.679. The van der Waals surface area contributed by atoms with Crippen LogP contribution in [0.1, 0.15) is 45.4 Å². The van der Waals surface area contributed by atoms with Crippen LogP contribution < -0.4 is 5.43 Å². The first-order valence-corrected chi connectivity index (χ1v) is 10.4. The highest BCUT2D eigenvalue weighted by atomic mass is 32.2. The van der Waals surface area contributed by atoms with E-state index in [9.17, 15) is 18.5 Å². The van der Waals surface area contributed by atoms with E-state index in [4.69, 9.17) is 0 Å². The Balaban J connectivity index is 1.83. The fraction of sp³-hybridized carbons (Fsp3) is 0.588. The number of rotatable bonds is 5. The van der Waals surface area contributed by atoms with Crippen molar-refractivity contribution >= 4 is 27.1 Å². The zero-order chi connectivity index (χ0) is 18.7. The summed E-state index contributed by atoms with van der Waals surface area (Å²) in [4.78, 5) is 10.8. The standard InChI is InChI=1S/C17H24N4O4S/c1-13-4-6-14(7-5-13)18-19-16-9-8-15(12-17(16)21(22)23)26(24,25)20-10-2-3-11-20/h8-9,12-13,19H,2-7,10-11H2,1H3. The molecule has 0 spiro atoms. The van der Waals surface area contributed by atoms with Gasteiger partial charge in [0.1, 0.15) is 5.69 Å². The van der Waals surface area contributed by atoms with Crippen LogP contribution >= 0.6 is 0 Å². The zero-order valence-electron chi connectivity index (χ0n) is 14.8. The van der Waals surface area contributed by atoms with Gasteiger partial charge in [0.15, 0.2) is 0 Å². The number of nitro benzene ring substituents is 1. The average molecular weight is 380 g/mol. The first-order valence-electron chi connectivity index (χ1n) is 8.98. The zero-order valence-corrected chi connectivity index (χ0v) is 15.7. The summed E-state index contributed by atoms with van der Waals surface area (Å²) >= 11 is 0. The van der Waals surface area contributed by atoms with Crippen LogP contribution in [0.2, 0.25) is 0 Å². The molecule has 142 valence electrons. The van der Waals surface area contributed by atoms with Crippen LogP contribution in [0.15, 0.2) is 28.2 Å². The first-order chi connectivity index (χ1) is 12.4. The minimum atomic E-state index is -3.69. The topological polar surface area (TPSA) is 105 Å². The highest BCUT2D eigenvalue weighted by molar-refractivity contribution is 7.89. The summed E-state index contributed by atoms with van der Waals surface area (Å²) < 4.78 is 26.6. The third kappa shape index (κ3) is 4.04. The van der Waals surface area contributed by atoms with Gasteiger partial charge in [0, 0.05) is 24.9 Å². The number of sulfonamides is 1. The van der Waals surface area contributed by atoms with Crippen molar-refractivity contribution in [3.05, 3.63) is 28.3 Å². The van der Waals surface area contributed by atoms with Gasteiger partial charge in [0.25, 0.3) is 5.69 Å². The molecule has 1 N–H and O–H groups in total. The Morgan fingerprint density at radius 2 is 1.88 bits per heavy atom. The fourth-order valence-corrected chi connectivity index (χ4v) is 4.88. The molecule has 1 saturated heterocycles. The van der Waals surface area contributed by atoms with Gasteiger partial charge in [-0.05, 0) is 56.6 Å². The van der Waals surface area contributed by atoms with Crippen LogP contribution in [-0.4, -0.2) is 36.4 Å². The van der Waals surface area contributed by atoms with Crippen molar-refractivity contribution in [2.75, 3.05) is 18.5 Å². The average Bonchev–Trinajstić information content (AvgIpc) is 3.16. The number of nitrogens with one attached hydrogen (secondary N) is 1. The lowest BCUT2D eigenvalue weighted by atomic mass is 9.90. The second-order valence-corrected chi connectivity index (χ2v) is 8.96. The van der Waals surface area contributed by atoms with Gasteiger partial charge in [-0.2, -0.15) is 9.41 Å². The molecule has 1 aliphatic carbocycles. The fourth-order valence-electron chi connectivity index (χ4n) is 3.34. The van der Waals surface area contributed by atoms with Gasteiger partial charge in [-0.3, -0.25) is 15.5 Å². The molecular formula is C17H24N4O4S. The van der Waals surface area contributed by atoms with Gasteiger partial charge < -0.3 is 0 Å². The minimum absolute atomic E-state index is 0.0456. The number of hydrogen-bond acceptors (Lipinski definition) is 6. The molecule has 1 aromatic carbocycles. The van der Waals surface area contributed by atoms with Crippen molar-refractivity contribution in [1.82, 2.24) is 4.31 Å². The third-order valence-corrected chi connectivity index (χ3v) is 6.95. The Morgan fingerprint density at radius 3 is 2.50 bits per heavy atom. The van der Waals surface area contributed by atoms with E-state index in [-0.39, 0.29) is 16.3 Å². The van der Waals surface area contributed by atoms with Gasteiger partial charge in [-0.1, -0.05) is 6.92 Å². The van der Waals surface area contributed by atoms with Crippen LogP contribution in [0.25, 0.3) is 0 Å². The maximum atomic E-state index is 12.6. The molecule has 1 saturated carbocycles. The minimum Gasteiger partial charge on any atom is -0.272 e. The lowest BCUT2D eigenvalue weighted by Gasteiger charge is -2.19. The van der Waals surface area contributed by atoms with Gasteiger partial charge in [0.2, 0.25) is 10.0 Å². The van der Waals surface area contributed by atoms with Crippen molar-refractivity contribution in [3.8, 4) is 0 Å². The smallest absolute Gasteiger partial charge is 0.272 e. The van der Waals surface area contributed by atoms with E-state index in [1.54, 1.807) is 0 Å². The second-order valence-electron chi connectivity index (χ2n) is 7.02. The molecule has 0 radical (unpaired) electrons. The summed E-state index contributed by atoms with van der Waals surface area (Å²) in [6, 6.07) is 3.96. The van der Waals surface area contributed by atoms with Gasteiger partial charge in [-0.25, -0.2) is 8.42 Å². The molecule has 1 aromatic rings. The lowest BCUT2D eigenvalue weighted by molar-refractivity contribution is -0.384. The summed E-state index contributed by atoms with van der Waals surface area (Å²) in [6.45, 7) is 3.12. The van der Waals surface area contributed by atoms with Gasteiger partial charge in [0.05, 0.1) is 9.82 Å². The van der Waals surface area contributed by atoms with Crippen LogP contribution in [0, 0.1) is 16.0 Å². The molecule has 0 atom stereocenters. The number of hydrazone groups is 1. The Labute approximate surface area is 153 Å². The van der Waals surface area contributed by atoms with Crippen LogP contribution in [0.4, 0.5) is 11.4 Å². The summed E-state index contributed by atoms with van der Waals surface area (Å²) in [6.07, 6.45) is 5.52. The molecule has 2 fully saturated rings. The number of anilines is 1. The molecule has 0 bridgehead atoms. The summed E-state index contributed by atoms with van der Waals surface area (Å²) in [7, 11) is -3.69. The van der Waals surface area contributed by atoms with E-state index < -0.39 is 14.9 Å². The molecule has 9 heteroatoms. The maximum Gasteiger partial charge on any atom is 0.295 e. The Bertz CT molecular complexity index is 806. The van der Waals surface area contributed by atoms with Crippen molar-refractivity contribution in [3.63, 3.8) is 0 Å². The van der Waals surface area contributed by atoms with Crippen molar-refractivity contribution in [2.45, 2.75) is 50.3 Å². The van der Waals surface area contributed by atoms with Gasteiger partial charge in [-0.15, -0.1) is 0 Å². The Kier molecular flexibility index (Phi) is 5.57.